The molecule has 0 radical (unpaired) electrons. The van der Waals surface area contributed by atoms with E-state index in [2.05, 4.69) is 26.2 Å². The van der Waals surface area contributed by atoms with Crippen LogP contribution in [0.15, 0.2) is 81.8 Å². The van der Waals surface area contributed by atoms with Gasteiger partial charge in [0.15, 0.2) is 17.3 Å². The average molecular weight is 507 g/mol. The fraction of sp³-hybridized carbons (Fsp3) is 0.154. The predicted molar refractivity (Wildman–Crippen MR) is 131 cm³/mol. The van der Waals surface area contributed by atoms with Crippen LogP contribution in [0.1, 0.15) is 15.9 Å². The molecule has 0 aliphatic carbocycles. The van der Waals surface area contributed by atoms with E-state index >= 15 is 0 Å². The number of benzene rings is 3. The molecule has 0 aliphatic heterocycles. The van der Waals surface area contributed by atoms with E-state index in [4.69, 9.17) is 13.9 Å². The molecular weight excluding hydrogens is 484 g/mol. The van der Waals surface area contributed by atoms with Crippen molar-refractivity contribution >= 4 is 21.8 Å². The molecule has 0 aliphatic rings. The number of carbonyl (C=O) groups excluding carboxylic acids is 1. The Kier molecular flexibility index (Phi) is 7.10. The van der Waals surface area contributed by atoms with E-state index in [1.165, 1.54) is 0 Å². The summed E-state index contributed by atoms with van der Waals surface area (Å²) in [5.41, 5.74) is 3.10. The quantitative estimate of drug-likeness (QED) is 0.328. The van der Waals surface area contributed by atoms with Crippen molar-refractivity contribution in [2.75, 3.05) is 20.8 Å². The summed E-state index contributed by atoms with van der Waals surface area (Å²) in [6, 6.07) is 20.8. The normalized spacial score (nSPS) is 10.6. The number of hydrogen-bond acceptors (Lipinski definition) is 5. The van der Waals surface area contributed by atoms with Gasteiger partial charge in [0.2, 0.25) is 5.89 Å². The molecule has 0 bridgehead atoms. The number of amides is 1. The lowest BCUT2D eigenvalue weighted by Gasteiger charge is -2.11. The number of methoxy groups -OCH3 is 2. The van der Waals surface area contributed by atoms with Crippen molar-refractivity contribution in [1.82, 2.24) is 10.3 Å². The SMILES string of the molecule is COc1ccc(CCNC(=O)c2ccccc2-c2ncc(-c3ccc(Br)cc3)o2)cc1OC. The standard InChI is InChI=1S/C26H23BrN2O4/c1-31-22-12-7-17(15-23(22)32-2)13-14-28-25(30)20-5-3-4-6-21(20)26-29-16-24(33-26)18-8-10-19(27)11-9-18/h3-12,15-16H,13-14H2,1-2H3,(H,28,30). The second-order valence-corrected chi connectivity index (χ2v) is 8.19. The van der Waals surface area contributed by atoms with E-state index in [1.54, 1.807) is 26.5 Å². The second kappa shape index (κ2) is 10.4. The largest absolute Gasteiger partial charge is 0.493 e. The lowest BCUT2D eigenvalue weighted by atomic mass is 10.1. The summed E-state index contributed by atoms with van der Waals surface area (Å²) in [7, 11) is 3.20. The van der Waals surface area contributed by atoms with E-state index < -0.39 is 0 Å². The van der Waals surface area contributed by atoms with Crippen molar-refractivity contribution in [2.45, 2.75) is 6.42 Å². The molecule has 0 spiro atoms. The Bertz CT molecular complexity index is 1250. The third-order valence-electron chi connectivity index (χ3n) is 5.18. The fourth-order valence-corrected chi connectivity index (χ4v) is 3.73. The molecular formula is C26H23BrN2O4. The van der Waals surface area contributed by atoms with Crippen LogP contribution in [0.25, 0.3) is 22.8 Å². The van der Waals surface area contributed by atoms with E-state index in [9.17, 15) is 4.79 Å². The summed E-state index contributed by atoms with van der Waals surface area (Å²) in [5.74, 6) is 2.19. The second-order valence-electron chi connectivity index (χ2n) is 7.28. The number of aromatic nitrogens is 1. The van der Waals surface area contributed by atoms with Crippen molar-refractivity contribution in [3.8, 4) is 34.3 Å². The molecule has 33 heavy (non-hydrogen) atoms. The maximum absolute atomic E-state index is 12.9. The van der Waals surface area contributed by atoms with Crippen LogP contribution in [-0.4, -0.2) is 31.7 Å². The zero-order valence-corrected chi connectivity index (χ0v) is 19.9. The molecule has 3 aromatic carbocycles. The van der Waals surface area contributed by atoms with Crippen LogP contribution in [0.5, 0.6) is 11.5 Å². The summed E-state index contributed by atoms with van der Waals surface area (Å²) in [4.78, 5) is 17.3. The molecule has 0 fully saturated rings. The molecule has 0 saturated carbocycles. The van der Waals surface area contributed by atoms with Gasteiger partial charge in [-0.1, -0.05) is 46.3 Å². The number of nitrogens with one attached hydrogen (secondary N) is 1. The number of oxazole rings is 1. The van der Waals surface area contributed by atoms with Gasteiger partial charge in [0.25, 0.3) is 5.91 Å². The Hall–Kier alpha value is -3.58. The first-order valence-electron chi connectivity index (χ1n) is 10.4. The fourth-order valence-electron chi connectivity index (χ4n) is 3.47. The highest BCUT2D eigenvalue weighted by atomic mass is 79.9. The zero-order chi connectivity index (χ0) is 23.2. The van der Waals surface area contributed by atoms with E-state index in [0.717, 1.165) is 15.6 Å². The highest BCUT2D eigenvalue weighted by molar-refractivity contribution is 9.10. The third kappa shape index (κ3) is 5.26. The molecule has 1 heterocycles. The molecule has 1 aromatic heterocycles. The number of halogens is 1. The molecule has 7 heteroatoms. The molecule has 1 amide bonds. The Labute approximate surface area is 200 Å². The van der Waals surface area contributed by atoms with E-state index in [1.807, 2.05) is 60.7 Å². The first kappa shape index (κ1) is 22.6. The summed E-state index contributed by atoms with van der Waals surface area (Å²) < 4.78 is 17.6. The Morgan fingerprint density at radius 3 is 2.52 bits per heavy atom. The minimum absolute atomic E-state index is 0.186. The monoisotopic (exact) mass is 506 g/mol. The Balaban J connectivity index is 1.46. The minimum atomic E-state index is -0.186. The lowest BCUT2D eigenvalue weighted by Crippen LogP contribution is -2.26. The summed E-state index contributed by atoms with van der Waals surface area (Å²) in [6.07, 6.45) is 2.32. The minimum Gasteiger partial charge on any atom is -0.493 e. The van der Waals surface area contributed by atoms with Crippen LogP contribution in [0.3, 0.4) is 0 Å². The van der Waals surface area contributed by atoms with Gasteiger partial charge in [-0.25, -0.2) is 4.98 Å². The van der Waals surface area contributed by atoms with Gasteiger partial charge in [0.1, 0.15) is 0 Å². The predicted octanol–water partition coefficient (Wildman–Crippen LogP) is 5.76. The lowest BCUT2D eigenvalue weighted by molar-refractivity contribution is 0.0954. The molecule has 0 saturated heterocycles. The Morgan fingerprint density at radius 2 is 1.76 bits per heavy atom. The number of hydrogen-bond donors (Lipinski definition) is 1. The van der Waals surface area contributed by atoms with Crippen molar-refractivity contribution in [3.63, 3.8) is 0 Å². The van der Waals surface area contributed by atoms with Gasteiger partial charge in [0, 0.05) is 22.1 Å². The van der Waals surface area contributed by atoms with Gasteiger partial charge >= 0.3 is 0 Å². The average Bonchev–Trinajstić information content (AvgIpc) is 3.34. The maximum Gasteiger partial charge on any atom is 0.252 e. The van der Waals surface area contributed by atoms with Gasteiger partial charge in [-0.15, -0.1) is 0 Å². The molecule has 0 atom stereocenters. The van der Waals surface area contributed by atoms with Gasteiger partial charge in [0.05, 0.1) is 26.0 Å². The van der Waals surface area contributed by atoms with Crippen LogP contribution < -0.4 is 14.8 Å². The Morgan fingerprint density at radius 1 is 1.00 bits per heavy atom. The smallest absolute Gasteiger partial charge is 0.252 e. The zero-order valence-electron chi connectivity index (χ0n) is 18.3. The first-order valence-corrected chi connectivity index (χ1v) is 11.2. The third-order valence-corrected chi connectivity index (χ3v) is 5.71. The van der Waals surface area contributed by atoms with Crippen LogP contribution >= 0.6 is 15.9 Å². The van der Waals surface area contributed by atoms with Crippen molar-refractivity contribution in [2.24, 2.45) is 0 Å². The van der Waals surface area contributed by atoms with E-state index in [0.29, 0.717) is 47.2 Å². The van der Waals surface area contributed by atoms with Crippen LogP contribution in [0, 0.1) is 0 Å². The maximum atomic E-state index is 12.9. The first-order chi connectivity index (χ1) is 16.1. The summed E-state index contributed by atoms with van der Waals surface area (Å²) in [5, 5.41) is 2.98. The highest BCUT2D eigenvalue weighted by Gasteiger charge is 2.17. The van der Waals surface area contributed by atoms with Crippen LogP contribution in [0.4, 0.5) is 0 Å². The number of nitrogens with zero attached hydrogens (tertiary/aromatic N) is 1. The van der Waals surface area contributed by atoms with Crippen LogP contribution in [0.2, 0.25) is 0 Å². The number of rotatable bonds is 8. The number of carbonyl (C=O) groups is 1. The van der Waals surface area contributed by atoms with Gasteiger partial charge < -0.3 is 19.2 Å². The number of ether oxygens (including phenoxy) is 2. The summed E-state index contributed by atoms with van der Waals surface area (Å²) in [6.45, 7) is 0.471. The van der Waals surface area contributed by atoms with Gasteiger partial charge in [-0.3, -0.25) is 4.79 Å². The molecule has 4 aromatic rings. The molecule has 1 N–H and O–H groups in total. The van der Waals surface area contributed by atoms with E-state index in [-0.39, 0.29) is 5.91 Å². The summed E-state index contributed by atoms with van der Waals surface area (Å²) >= 11 is 3.43. The molecule has 168 valence electrons. The van der Waals surface area contributed by atoms with Gasteiger partial charge in [-0.05, 0) is 48.4 Å². The van der Waals surface area contributed by atoms with Gasteiger partial charge in [-0.2, -0.15) is 0 Å². The molecule has 6 nitrogen and oxygen atoms in total. The van der Waals surface area contributed by atoms with Crippen molar-refractivity contribution < 1.29 is 18.7 Å². The highest BCUT2D eigenvalue weighted by Crippen LogP contribution is 2.29. The molecule has 0 unspecified atom stereocenters. The van der Waals surface area contributed by atoms with Crippen LogP contribution in [-0.2, 0) is 6.42 Å². The van der Waals surface area contributed by atoms with Crippen molar-refractivity contribution in [3.05, 3.63) is 88.5 Å². The molecule has 4 rings (SSSR count). The van der Waals surface area contributed by atoms with Crippen molar-refractivity contribution in [1.29, 1.82) is 0 Å². The topological polar surface area (TPSA) is 73.6 Å².